The van der Waals surface area contributed by atoms with Crippen LogP contribution in [0.1, 0.15) is 64.9 Å². The summed E-state index contributed by atoms with van der Waals surface area (Å²) in [5, 5.41) is 3.06. The Morgan fingerprint density at radius 3 is 2.54 bits per heavy atom. The van der Waals surface area contributed by atoms with Gasteiger partial charge in [-0.2, -0.15) is 0 Å². The second kappa shape index (κ2) is 8.52. The molecule has 0 aliphatic heterocycles. The smallest absolute Gasteiger partial charge is 0.256 e. The summed E-state index contributed by atoms with van der Waals surface area (Å²) in [7, 11) is 0. The summed E-state index contributed by atoms with van der Waals surface area (Å²) in [6, 6.07) is 5.79. The highest BCUT2D eigenvalue weighted by Gasteiger charge is 2.40. The van der Waals surface area contributed by atoms with Crippen LogP contribution in [0.4, 0.5) is 5.69 Å². The van der Waals surface area contributed by atoms with Crippen LogP contribution < -0.4 is 10.1 Å². The molecule has 1 saturated carbocycles. The molecule has 0 spiro atoms. The van der Waals surface area contributed by atoms with Crippen LogP contribution in [0.25, 0.3) is 0 Å². The van der Waals surface area contributed by atoms with Crippen molar-refractivity contribution >= 4 is 11.6 Å². The number of amides is 1. The lowest BCUT2D eigenvalue weighted by atomic mass is 9.83. The number of hydrogen-bond donors (Lipinski definition) is 1. The molecule has 1 aliphatic rings. The van der Waals surface area contributed by atoms with Gasteiger partial charge in [-0.05, 0) is 63.8 Å². The fourth-order valence-electron chi connectivity index (χ4n) is 3.22. The first kappa shape index (κ1) is 18.8. The third kappa shape index (κ3) is 4.73. The maximum atomic E-state index is 12.9. The molecule has 4 nitrogen and oxygen atoms in total. The fourth-order valence-corrected chi connectivity index (χ4v) is 3.22. The first-order valence-electron chi connectivity index (χ1n) is 9.19. The van der Waals surface area contributed by atoms with Crippen LogP contribution in [0.2, 0.25) is 0 Å². The van der Waals surface area contributed by atoms with E-state index in [0.29, 0.717) is 6.61 Å². The van der Waals surface area contributed by atoms with Gasteiger partial charge in [-0.15, -0.1) is 0 Å². The van der Waals surface area contributed by atoms with Gasteiger partial charge in [0.05, 0.1) is 6.10 Å². The zero-order valence-electron chi connectivity index (χ0n) is 15.5. The van der Waals surface area contributed by atoms with Crippen LogP contribution in [0, 0.1) is 6.92 Å². The van der Waals surface area contributed by atoms with Crippen molar-refractivity contribution in [2.45, 2.75) is 77.9 Å². The Balaban J connectivity index is 2.10. The number of hydrogen-bond acceptors (Lipinski definition) is 3. The van der Waals surface area contributed by atoms with Crippen LogP contribution in [0.3, 0.4) is 0 Å². The van der Waals surface area contributed by atoms with E-state index in [4.69, 9.17) is 9.47 Å². The Morgan fingerprint density at radius 1 is 1.25 bits per heavy atom. The van der Waals surface area contributed by atoms with Crippen LogP contribution >= 0.6 is 0 Å². The molecule has 1 fully saturated rings. The molecule has 1 aromatic carbocycles. The van der Waals surface area contributed by atoms with Gasteiger partial charge in [0.1, 0.15) is 11.4 Å². The van der Waals surface area contributed by atoms with Crippen LogP contribution in [-0.2, 0) is 9.53 Å². The number of ether oxygens (including phenoxy) is 2. The molecule has 1 amide bonds. The summed E-state index contributed by atoms with van der Waals surface area (Å²) in [6.07, 6.45) is 5.98. The highest BCUT2D eigenvalue weighted by Crippen LogP contribution is 2.33. The number of rotatable bonds is 7. The highest BCUT2D eigenvalue weighted by atomic mass is 16.5. The molecule has 0 heterocycles. The minimum Gasteiger partial charge on any atom is -0.491 e. The Labute approximate surface area is 145 Å². The second-order valence-corrected chi connectivity index (χ2v) is 7.00. The van der Waals surface area contributed by atoms with E-state index in [-0.39, 0.29) is 12.0 Å². The molecule has 1 N–H and O–H groups in total. The van der Waals surface area contributed by atoms with Gasteiger partial charge in [0, 0.05) is 12.3 Å². The van der Waals surface area contributed by atoms with Crippen molar-refractivity contribution in [1.82, 2.24) is 0 Å². The number of carbonyl (C=O) groups excluding carboxylic acids is 1. The summed E-state index contributed by atoms with van der Waals surface area (Å²) in [5.41, 5.74) is 1.17. The minimum absolute atomic E-state index is 0.00687. The van der Waals surface area contributed by atoms with Crippen molar-refractivity contribution in [3.8, 4) is 5.75 Å². The maximum absolute atomic E-state index is 12.9. The Bertz CT molecular complexity index is 548. The molecule has 134 valence electrons. The molecule has 0 atom stereocenters. The molecule has 2 rings (SSSR count). The van der Waals surface area contributed by atoms with Crippen molar-refractivity contribution in [2.24, 2.45) is 0 Å². The summed E-state index contributed by atoms with van der Waals surface area (Å²) < 4.78 is 11.8. The van der Waals surface area contributed by atoms with Gasteiger partial charge in [0.15, 0.2) is 0 Å². The quantitative estimate of drug-likeness (QED) is 0.776. The number of nitrogens with one attached hydrogen (secondary N) is 1. The van der Waals surface area contributed by atoms with E-state index < -0.39 is 5.60 Å². The standard InChI is InChI=1S/C20H31NO3/c1-5-13-23-20(11-7-6-8-12-20)19(22)21-17-9-10-18(16(4)14-17)24-15(2)3/h9-10,14-15H,5-8,11-13H2,1-4H3,(H,21,22). The Kier molecular flexibility index (Phi) is 6.67. The predicted molar refractivity (Wildman–Crippen MR) is 97.6 cm³/mol. The Morgan fingerprint density at radius 2 is 1.96 bits per heavy atom. The van der Waals surface area contributed by atoms with Gasteiger partial charge in [-0.3, -0.25) is 4.79 Å². The maximum Gasteiger partial charge on any atom is 0.256 e. The zero-order chi connectivity index (χ0) is 17.6. The SMILES string of the molecule is CCCOC1(C(=O)Nc2ccc(OC(C)C)c(C)c2)CCCCC1. The van der Waals surface area contributed by atoms with Crippen molar-refractivity contribution in [3.05, 3.63) is 23.8 Å². The summed E-state index contributed by atoms with van der Waals surface area (Å²) in [5.74, 6) is 0.852. The van der Waals surface area contributed by atoms with Crippen LogP contribution in [0.5, 0.6) is 5.75 Å². The molecule has 0 bridgehead atoms. The van der Waals surface area contributed by atoms with Gasteiger partial charge in [0.25, 0.3) is 5.91 Å². The second-order valence-electron chi connectivity index (χ2n) is 7.00. The zero-order valence-corrected chi connectivity index (χ0v) is 15.5. The number of aryl methyl sites for hydroxylation is 1. The molecule has 0 aromatic heterocycles. The molecule has 0 unspecified atom stereocenters. The lowest BCUT2D eigenvalue weighted by Gasteiger charge is -2.35. The normalized spacial score (nSPS) is 16.9. The summed E-state index contributed by atoms with van der Waals surface area (Å²) >= 11 is 0. The van der Waals surface area contributed by atoms with E-state index in [1.54, 1.807) is 0 Å². The van der Waals surface area contributed by atoms with E-state index in [2.05, 4.69) is 12.2 Å². The first-order chi connectivity index (χ1) is 11.5. The lowest BCUT2D eigenvalue weighted by Crippen LogP contribution is -2.47. The Hall–Kier alpha value is -1.55. The van der Waals surface area contributed by atoms with E-state index in [1.807, 2.05) is 39.0 Å². The van der Waals surface area contributed by atoms with Gasteiger partial charge >= 0.3 is 0 Å². The summed E-state index contributed by atoms with van der Waals surface area (Å²) in [6.45, 7) is 8.72. The average molecular weight is 333 g/mol. The molecule has 0 radical (unpaired) electrons. The molecular weight excluding hydrogens is 302 g/mol. The topological polar surface area (TPSA) is 47.6 Å². The third-order valence-corrected chi connectivity index (χ3v) is 4.45. The van der Waals surface area contributed by atoms with Crippen molar-refractivity contribution in [3.63, 3.8) is 0 Å². The largest absolute Gasteiger partial charge is 0.491 e. The summed E-state index contributed by atoms with van der Waals surface area (Å²) in [4.78, 5) is 12.9. The lowest BCUT2D eigenvalue weighted by molar-refractivity contribution is -0.146. The monoisotopic (exact) mass is 333 g/mol. The highest BCUT2D eigenvalue weighted by molar-refractivity contribution is 5.97. The predicted octanol–water partition coefficient (Wildman–Crippen LogP) is 4.85. The van der Waals surface area contributed by atoms with Crippen molar-refractivity contribution in [1.29, 1.82) is 0 Å². The van der Waals surface area contributed by atoms with E-state index in [9.17, 15) is 4.79 Å². The van der Waals surface area contributed by atoms with E-state index >= 15 is 0 Å². The third-order valence-electron chi connectivity index (χ3n) is 4.45. The fraction of sp³-hybridized carbons (Fsp3) is 0.650. The minimum atomic E-state index is -0.657. The van der Waals surface area contributed by atoms with Crippen LogP contribution in [0.15, 0.2) is 18.2 Å². The van der Waals surface area contributed by atoms with Crippen LogP contribution in [-0.4, -0.2) is 24.2 Å². The number of anilines is 1. The number of carbonyl (C=O) groups is 1. The van der Waals surface area contributed by atoms with Crippen molar-refractivity contribution in [2.75, 3.05) is 11.9 Å². The van der Waals surface area contributed by atoms with Gasteiger partial charge in [0.2, 0.25) is 0 Å². The molecule has 4 heteroatoms. The average Bonchev–Trinajstić information content (AvgIpc) is 2.56. The molecule has 0 saturated heterocycles. The van der Waals surface area contributed by atoms with Gasteiger partial charge in [-0.1, -0.05) is 26.2 Å². The molecule has 1 aromatic rings. The molecule has 1 aliphatic carbocycles. The molecular formula is C20H31NO3. The van der Waals surface area contributed by atoms with E-state index in [1.165, 1.54) is 6.42 Å². The van der Waals surface area contributed by atoms with Crippen molar-refractivity contribution < 1.29 is 14.3 Å². The van der Waals surface area contributed by atoms with Gasteiger partial charge < -0.3 is 14.8 Å². The first-order valence-corrected chi connectivity index (χ1v) is 9.19. The number of benzene rings is 1. The molecule has 24 heavy (non-hydrogen) atoms. The van der Waals surface area contributed by atoms with Gasteiger partial charge in [-0.25, -0.2) is 0 Å². The van der Waals surface area contributed by atoms with E-state index in [0.717, 1.165) is 49.1 Å².